The maximum Gasteiger partial charge on any atom is 0.328 e. The number of carboxylic acid groups (broad SMARTS) is 1. The Kier molecular flexibility index (Phi) is 2.65. The van der Waals surface area contributed by atoms with Gasteiger partial charge in [0, 0.05) is 18.4 Å². The molecule has 0 radical (unpaired) electrons. The smallest absolute Gasteiger partial charge is 0.328 e. The first-order valence-corrected chi connectivity index (χ1v) is 5.50. The second kappa shape index (κ2) is 3.87. The third-order valence-corrected chi connectivity index (χ3v) is 2.77. The zero-order chi connectivity index (χ0) is 12.6. The lowest BCUT2D eigenvalue weighted by molar-refractivity contribution is -0.141. The lowest BCUT2D eigenvalue weighted by Gasteiger charge is -2.21. The van der Waals surface area contributed by atoms with Gasteiger partial charge in [-0.3, -0.25) is 4.79 Å². The van der Waals surface area contributed by atoms with Gasteiger partial charge in [0.05, 0.1) is 0 Å². The number of nitrogens with zero attached hydrogens (tertiary/aromatic N) is 2. The number of carboxylic acids is 1. The molecule has 0 unspecified atom stereocenters. The molecule has 6 nitrogen and oxygen atoms in total. The summed E-state index contributed by atoms with van der Waals surface area (Å²) in [6.07, 6.45) is 5.14. The van der Waals surface area contributed by atoms with E-state index >= 15 is 0 Å². The molecule has 0 bridgehead atoms. The zero-order valence-corrected chi connectivity index (χ0v) is 9.80. The summed E-state index contributed by atoms with van der Waals surface area (Å²) in [5, 5.41) is 11.7. The van der Waals surface area contributed by atoms with Crippen LogP contribution in [0.5, 0.6) is 0 Å². The van der Waals surface area contributed by atoms with Crippen molar-refractivity contribution < 1.29 is 9.90 Å². The first-order valence-electron chi connectivity index (χ1n) is 5.50. The molecule has 0 saturated heterocycles. The topological polar surface area (TPSA) is 84.2 Å². The Morgan fingerprint density at radius 2 is 2.24 bits per heavy atom. The molecule has 17 heavy (non-hydrogen) atoms. The Bertz CT molecular complexity index is 503. The number of hydrogen-bond donors (Lipinski definition) is 2. The molecule has 1 heterocycles. The van der Waals surface area contributed by atoms with Crippen LogP contribution in [0.3, 0.4) is 0 Å². The highest BCUT2D eigenvalue weighted by Gasteiger charge is 2.30. The van der Waals surface area contributed by atoms with Crippen LogP contribution in [0.1, 0.15) is 32.7 Å². The van der Waals surface area contributed by atoms with Crippen LogP contribution in [0.2, 0.25) is 0 Å². The third kappa shape index (κ3) is 2.30. The maximum atomic E-state index is 12.0. The van der Waals surface area contributed by atoms with Gasteiger partial charge in [-0.2, -0.15) is 0 Å². The van der Waals surface area contributed by atoms with Gasteiger partial charge in [-0.15, -0.1) is 0 Å². The first-order chi connectivity index (χ1) is 7.92. The minimum Gasteiger partial charge on any atom is -0.480 e. The fourth-order valence-electron chi connectivity index (χ4n) is 1.50. The van der Waals surface area contributed by atoms with E-state index in [0.717, 1.165) is 12.8 Å². The van der Waals surface area contributed by atoms with Gasteiger partial charge in [-0.25, -0.2) is 9.78 Å². The van der Waals surface area contributed by atoms with E-state index in [1.165, 1.54) is 20.0 Å². The highest BCUT2D eigenvalue weighted by molar-refractivity contribution is 5.81. The van der Waals surface area contributed by atoms with E-state index in [4.69, 9.17) is 5.11 Å². The molecule has 6 heteroatoms. The van der Waals surface area contributed by atoms with Crippen LogP contribution in [-0.2, 0) is 4.79 Å². The van der Waals surface area contributed by atoms with Gasteiger partial charge in [-0.05, 0) is 26.7 Å². The molecular weight excluding hydrogens is 222 g/mol. The molecule has 1 aliphatic rings. The van der Waals surface area contributed by atoms with Crippen molar-refractivity contribution >= 4 is 11.8 Å². The Morgan fingerprint density at radius 1 is 1.59 bits per heavy atom. The molecule has 92 valence electrons. The van der Waals surface area contributed by atoms with E-state index in [1.807, 2.05) is 0 Å². The van der Waals surface area contributed by atoms with E-state index in [9.17, 15) is 9.59 Å². The summed E-state index contributed by atoms with van der Waals surface area (Å²) in [7, 11) is 0. The molecule has 0 aliphatic heterocycles. The summed E-state index contributed by atoms with van der Waals surface area (Å²) in [4.78, 5) is 26.9. The van der Waals surface area contributed by atoms with Gasteiger partial charge >= 0.3 is 5.97 Å². The molecule has 1 fully saturated rings. The predicted molar refractivity (Wildman–Crippen MR) is 62.1 cm³/mol. The molecule has 0 spiro atoms. The summed E-state index contributed by atoms with van der Waals surface area (Å²) >= 11 is 0. The minimum atomic E-state index is -1.21. The van der Waals surface area contributed by atoms with Crippen molar-refractivity contribution in [3.63, 3.8) is 0 Å². The fourth-order valence-corrected chi connectivity index (χ4v) is 1.50. The van der Waals surface area contributed by atoms with Crippen LogP contribution in [0.25, 0.3) is 0 Å². The molecule has 1 aromatic rings. The molecule has 0 aromatic carbocycles. The standard InChI is InChI=1S/C11H15N3O3/c1-11(2,10(16)17)13-8-9(15)14(6-5-12-8)7-3-4-7/h5-7H,3-4H2,1-2H3,(H,12,13)(H,16,17). The van der Waals surface area contributed by atoms with Crippen molar-refractivity contribution in [2.24, 2.45) is 0 Å². The van der Waals surface area contributed by atoms with Gasteiger partial charge in [0.15, 0.2) is 5.82 Å². The lowest BCUT2D eigenvalue weighted by atomic mass is 10.1. The lowest BCUT2D eigenvalue weighted by Crippen LogP contribution is -2.42. The number of rotatable bonds is 4. The van der Waals surface area contributed by atoms with Gasteiger partial charge in [0.25, 0.3) is 5.56 Å². The number of carbonyl (C=O) groups is 1. The molecule has 0 atom stereocenters. The number of hydrogen-bond acceptors (Lipinski definition) is 4. The van der Waals surface area contributed by atoms with E-state index in [0.29, 0.717) is 0 Å². The van der Waals surface area contributed by atoms with Crippen molar-refractivity contribution in [3.05, 3.63) is 22.7 Å². The number of nitrogens with one attached hydrogen (secondary N) is 1. The van der Waals surface area contributed by atoms with Crippen molar-refractivity contribution in [3.8, 4) is 0 Å². The summed E-state index contributed by atoms with van der Waals surface area (Å²) in [5.74, 6) is -0.938. The quantitative estimate of drug-likeness (QED) is 0.811. The van der Waals surface area contributed by atoms with Crippen molar-refractivity contribution in [2.75, 3.05) is 5.32 Å². The number of anilines is 1. The maximum absolute atomic E-state index is 12.0. The van der Waals surface area contributed by atoms with Crippen molar-refractivity contribution in [1.82, 2.24) is 9.55 Å². The van der Waals surface area contributed by atoms with E-state index < -0.39 is 11.5 Å². The van der Waals surface area contributed by atoms with E-state index in [-0.39, 0.29) is 17.4 Å². The van der Waals surface area contributed by atoms with Crippen LogP contribution in [0, 0.1) is 0 Å². The Labute approximate surface area is 98.3 Å². The van der Waals surface area contributed by atoms with E-state index in [1.54, 1.807) is 10.8 Å². The summed E-state index contributed by atoms with van der Waals surface area (Å²) in [6.45, 7) is 2.98. The zero-order valence-electron chi connectivity index (χ0n) is 9.80. The monoisotopic (exact) mass is 237 g/mol. The Morgan fingerprint density at radius 3 is 2.76 bits per heavy atom. The van der Waals surface area contributed by atoms with Crippen molar-refractivity contribution in [1.29, 1.82) is 0 Å². The normalized spacial score (nSPS) is 15.6. The molecule has 1 aliphatic carbocycles. The molecule has 1 aromatic heterocycles. The number of aromatic nitrogens is 2. The number of aliphatic carboxylic acids is 1. The highest BCUT2D eigenvalue weighted by atomic mass is 16.4. The first kappa shape index (κ1) is 11.6. The predicted octanol–water partition coefficient (Wildman–Crippen LogP) is 0.853. The van der Waals surface area contributed by atoms with Gasteiger partial charge in [0.1, 0.15) is 5.54 Å². The average Bonchev–Trinajstić information content (AvgIpc) is 3.04. The van der Waals surface area contributed by atoms with Crippen molar-refractivity contribution in [2.45, 2.75) is 38.3 Å². The molecule has 1 saturated carbocycles. The second-order valence-corrected chi connectivity index (χ2v) is 4.77. The van der Waals surface area contributed by atoms with Crippen LogP contribution in [-0.4, -0.2) is 26.2 Å². The molecule has 2 rings (SSSR count). The average molecular weight is 237 g/mol. The third-order valence-electron chi connectivity index (χ3n) is 2.77. The molecule has 0 amide bonds. The minimum absolute atomic E-state index is 0.0896. The van der Waals surface area contributed by atoms with Crippen LogP contribution in [0.15, 0.2) is 17.2 Å². The molecular formula is C11H15N3O3. The van der Waals surface area contributed by atoms with Crippen LogP contribution < -0.4 is 10.9 Å². The van der Waals surface area contributed by atoms with E-state index in [2.05, 4.69) is 10.3 Å². The van der Waals surface area contributed by atoms with Gasteiger partial charge < -0.3 is 15.0 Å². The Hall–Kier alpha value is -1.85. The van der Waals surface area contributed by atoms with Gasteiger partial charge in [0.2, 0.25) is 0 Å². The SMILES string of the molecule is CC(C)(Nc1nccn(C2CC2)c1=O)C(=O)O. The fraction of sp³-hybridized carbons (Fsp3) is 0.545. The second-order valence-electron chi connectivity index (χ2n) is 4.77. The van der Waals surface area contributed by atoms with Crippen LogP contribution in [0.4, 0.5) is 5.82 Å². The Balaban J connectivity index is 2.30. The largest absolute Gasteiger partial charge is 0.480 e. The summed E-state index contributed by atoms with van der Waals surface area (Å²) in [5.41, 5.74) is -1.47. The summed E-state index contributed by atoms with van der Waals surface area (Å²) in [6, 6.07) is 0.249. The molecule has 2 N–H and O–H groups in total. The highest BCUT2D eigenvalue weighted by Crippen LogP contribution is 2.33. The summed E-state index contributed by atoms with van der Waals surface area (Å²) < 4.78 is 1.60. The van der Waals surface area contributed by atoms with Crippen LogP contribution >= 0.6 is 0 Å². The van der Waals surface area contributed by atoms with Gasteiger partial charge in [-0.1, -0.05) is 0 Å².